The van der Waals surface area contributed by atoms with E-state index in [1.165, 1.54) is 16.7 Å². The second-order valence-electron chi connectivity index (χ2n) is 7.45. The quantitative estimate of drug-likeness (QED) is 0.452. The molecule has 0 spiro atoms. The molecule has 31 heavy (non-hydrogen) atoms. The summed E-state index contributed by atoms with van der Waals surface area (Å²) in [5, 5.41) is 0. The minimum atomic E-state index is -0.284. The summed E-state index contributed by atoms with van der Waals surface area (Å²) >= 11 is 1.33. The first-order valence-electron chi connectivity index (χ1n) is 10.1. The van der Waals surface area contributed by atoms with E-state index in [-0.39, 0.29) is 24.5 Å². The van der Waals surface area contributed by atoms with Crippen molar-refractivity contribution in [3.05, 3.63) is 94.8 Å². The fraction of sp³-hybridized carbons (Fsp3) is 0.200. The molecule has 2 amide bonds. The van der Waals surface area contributed by atoms with Crippen LogP contribution in [0.5, 0.6) is 5.75 Å². The van der Waals surface area contributed by atoms with Crippen LogP contribution in [0.3, 0.4) is 0 Å². The molecule has 0 N–H and O–H groups in total. The van der Waals surface area contributed by atoms with Gasteiger partial charge in [-0.2, -0.15) is 0 Å². The summed E-state index contributed by atoms with van der Waals surface area (Å²) in [6.45, 7) is 4.16. The van der Waals surface area contributed by atoms with Gasteiger partial charge in [-0.15, -0.1) is 11.8 Å². The van der Waals surface area contributed by atoms with Crippen molar-refractivity contribution in [1.82, 2.24) is 4.90 Å². The lowest BCUT2D eigenvalue weighted by atomic mass is 10.1. The standard InChI is InChI=1S/C25H23NO4S/c1-17(2)30-20-12-10-19(11-13-20)22-23(31-16-21-9-6-14-29-21)25(28)26(24(22)27)15-18-7-4-3-5-8-18/h3-14,17H,15-16H2,1-2H3. The van der Waals surface area contributed by atoms with E-state index >= 15 is 0 Å². The number of ether oxygens (including phenoxy) is 1. The van der Waals surface area contributed by atoms with Crippen LogP contribution in [0.1, 0.15) is 30.7 Å². The van der Waals surface area contributed by atoms with Crippen molar-refractivity contribution in [3.63, 3.8) is 0 Å². The Hall–Kier alpha value is -3.25. The summed E-state index contributed by atoms with van der Waals surface area (Å²) < 4.78 is 11.1. The molecule has 6 heteroatoms. The zero-order valence-electron chi connectivity index (χ0n) is 17.4. The van der Waals surface area contributed by atoms with Gasteiger partial charge in [0.1, 0.15) is 11.5 Å². The fourth-order valence-electron chi connectivity index (χ4n) is 3.36. The number of amides is 2. The minimum Gasteiger partial charge on any atom is -0.491 e. The SMILES string of the molecule is CC(C)Oc1ccc(C2=C(SCc3ccco3)C(=O)N(Cc3ccccc3)C2=O)cc1. The van der Waals surface area contributed by atoms with Crippen LogP contribution in [0.2, 0.25) is 0 Å². The van der Waals surface area contributed by atoms with Crippen LogP contribution in [0, 0.1) is 0 Å². The normalized spacial score (nSPS) is 14.1. The number of carbonyl (C=O) groups excluding carboxylic acids is 2. The van der Waals surface area contributed by atoms with E-state index in [1.807, 2.05) is 80.6 Å². The molecule has 2 aromatic carbocycles. The van der Waals surface area contributed by atoms with Crippen molar-refractivity contribution in [3.8, 4) is 5.75 Å². The first-order valence-corrected chi connectivity index (χ1v) is 11.1. The molecule has 4 rings (SSSR count). The summed E-state index contributed by atoms with van der Waals surface area (Å²) in [4.78, 5) is 28.3. The number of furan rings is 1. The van der Waals surface area contributed by atoms with Gasteiger partial charge in [0.2, 0.25) is 0 Å². The Labute approximate surface area is 185 Å². The summed E-state index contributed by atoms with van der Waals surface area (Å²) in [6.07, 6.45) is 1.66. The monoisotopic (exact) mass is 433 g/mol. The van der Waals surface area contributed by atoms with Crippen LogP contribution in [0.15, 0.2) is 82.3 Å². The number of rotatable bonds is 8. The molecular weight excluding hydrogens is 410 g/mol. The molecule has 0 unspecified atom stereocenters. The zero-order valence-corrected chi connectivity index (χ0v) is 18.2. The first kappa shape index (κ1) is 21.0. The molecule has 0 bridgehead atoms. The third-order valence-corrected chi connectivity index (χ3v) is 5.86. The molecule has 0 fully saturated rings. The van der Waals surface area contributed by atoms with Crippen LogP contribution >= 0.6 is 11.8 Å². The fourth-order valence-corrected chi connectivity index (χ4v) is 4.40. The maximum absolute atomic E-state index is 13.3. The average molecular weight is 434 g/mol. The van der Waals surface area contributed by atoms with Crippen molar-refractivity contribution in [2.75, 3.05) is 0 Å². The Balaban J connectivity index is 1.65. The topological polar surface area (TPSA) is 59.8 Å². The van der Waals surface area contributed by atoms with Gasteiger partial charge >= 0.3 is 0 Å². The maximum atomic E-state index is 13.3. The molecule has 158 valence electrons. The van der Waals surface area contributed by atoms with Gasteiger partial charge in [-0.3, -0.25) is 14.5 Å². The zero-order chi connectivity index (χ0) is 21.8. The van der Waals surface area contributed by atoms with Crippen LogP contribution < -0.4 is 4.74 Å². The molecule has 1 aromatic heterocycles. The molecule has 1 aliphatic rings. The van der Waals surface area contributed by atoms with Crippen molar-refractivity contribution < 1.29 is 18.7 Å². The lowest BCUT2D eigenvalue weighted by molar-refractivity contribution is -0.137. The Morgan fingerprint density at radius 2 is 1.68 bits per heavy atom. The van der Waals surface area contributed by atoms with E-state index in [9.17, 15) is 9.59 Å². The second kappa shape index (κ2) is 9.27. The number of imide groups is 1. The molecule has 0 aliphatic carbocycles. The highest BCUT2D eigenvalue weighted by Crippen LogP contribution is 2.38. The highest BCUT2D eigenvalue weighted by atomic mass is 32.2. The molecule has 0 saturated heterocycles. The Morgan fingerprint density at radius 3 is 2.32 bits per heavy atom. The van der Waals surface area contributed by atoms with Gasteiger partial charge in [-0.1, -0.05) is 42.5 Å². The Morgan fingerprint density at radius 1 is 0.935 bits per heavy atom. The lowest BCUT2D eigenvalue weighted by Crippen LogP contribution is -2.30. The van der Waals surface area contributed by atoms with Gasteiger partial charge in [-0.25, -0.2) is 0 Å². The first-order chi connectivity index (χ1) is 15.0. The van der Waals surface area contributed by atoms with E-state index in [4.69, 9.17) is 9.15 Å². The number of nitrogens with zero attached hydrogens (tertiary/aromatic N) is 1. The van der Waals surface area contributed by atoms with Gasteiger partial charge in [0.05, 0.1) is 35.1 Å². The van der Waals surface area contributed by atoms with Gasteiger partial charge in [-0.05, 0) is 49.2 Å². The molecule has 0 radical (unpaired) electrons. The summed E-state index contributed by atoms with van der Waals surface area (Å²) in [5.74, 6) is 1.39. The maximum Gasteiger partial charge on any atom is 0.268 e. The van der Waals surface area contributed by atoms with Crippen LogP contribution in [0.25, 0.3) is 5.57 Å². The molecular formula is C25H23NO4S. The number of hydrogen-bond acceptors (Lipinski definition) is 5. The van der Waals surface area contributed by atoms with Crippen molar-refractivity contribution >= 4 is 29.1 Å². The van der Waals surface area contributed by atoms with Crippen molar-refractivity contribution in [2.24, 2.45) is 0 Å². The predicted octanol–water partition coefficient (Wildman–Crippen LogP) is 5.28. The van der Waals surface area contributed by atoms with Crippen molar-refractivity contribution in [1.29, 1.82) is 0 Å². The molecule has 0 saturated carbocycles. The third kappa shape index (κ3) is 4.75. The molecule has 0 atom stereocenters. The van der Waals surface area contributed by atoms with Crippen LogP contribution in [0.4, 0.5) is 0 Å². The molecule has 1 aliphatic heterocycles. The van der Waals surface area contributed by atoms with Crippen molar-refractivity contribution in [2.45, 2.75) is 32.2 Å². The summed E-state index contributed by atoms with van der Waals surface area (Å²) in [6, 6.07) is 20.5. The van der Waals surface area contributed by atoms with Gasteiger partial charge in [0.25, 0.3) is 11.8 Å². The minimum absolute atomic E-state index is 0.0560. The number of hydrogen-bond donors (Lipinski definition) is 0. The molecule has 3 aromatic rings. The Bertz CT molecular complexity index is 1090. The second-order valence-corrected chi connectivity index (χ2v) is 8.43. The highest BCUT2D eigenvalue weighted by molar-refractivity contribution is 8.03. The van der Waals surface area contributed by atoms with Gasteiger partial charge in [0, 0.05) is 0 Å². The average Bonchev–Trinajstić information content (AvgIpc) is 3.36. The lowest BCUT2D eigenvalue weighted by Gasteiger charge is -2.15. The highest BCUT2D eigenvalue weighted by Gasteiger charge is 2.39. The van der Waals surface area contributed by atoms with Crippen LogP contribution in [-0.4, -0.2) is 22.8 Å². The smallest absolute Gasteiger partial charge is 0.268 e. The van der Waals surface area contributed by atoms with E-state index in [2.05, 4.69) is 0 Å². The molecule has 5 nitrogen and oxygen atoms in total. The number of carbonyl (C=O) groups is 2. The number of thioether (sulfide) groups is 1. The van der Waals surface area contributed by atoms with Gasteiger partial charge < -0.3 is 9.15 Å². The largest absolute Gasteiger partial charge is 0.491 e. The van der Waals surface area contributed by atoms with E-state index in [0.29, 0.717) is 21.8 Å². The summed E-state index contributed by atoms with van der Waals surface area (Å²) in [5.41, 5.74) is 2.03. The van der Waals surface area contributed by atoms with Gasteiger partial charge in [0.15, 0.2) is 0 Å². The predicted molar refractivity (Wildman–Crippen MR) is 121 cm³/mol. The summed E-state index contributed by atoms with van der Waals surface area (Å²) in [7, 11) is 0. The van der Waals surface area contributed by atoms with E-state index in [0.717, 1.165) is 17.1 Å². The van der Waals surface area contributed by atoms with Crippen LogP contribution in [-0.2, 0) is 21.9 Å². The third-order valence-electron chi connectivity index (χ3n) is 4.76. The molecule has 2 heterocycles. The van der Waals surface area contributed by atoms with E-state index in [1.54, 1.807) is 6.26 Å². The number of benzene rings is 2. The van der Waals surface area contributed by atoms with E-state index < -0.39 is 0 Å². The Kier molecular flexibility index (Phi) is 6.28.